The number of anilines is 1. The number of nitrogens with one attached hydrogen (secondary N) is 1. The molecule has 4 aromatic rings. The Morgan fingerprint density at radius 1 is 0.841 bits per heavy atom. The van der Waals surface area contributed by atoms with Gasteiger partial charge in [-0.15, -0.1) is 0 Å². The van der Waals surface area contributed by atoms with Gasteiger partial charge in [-0.25, -0.2) is 8.42 Å². The predicted octanol–water partition coefficient (Wildman–Crippen LogP) is 6.66. The number of carbonyl (C=O) groups is 2. The topological polar surface area (TPSA) is 86.8 Å². The first-order valence-corrected chi connectivity index (χ1v) is 16.4. The van der Waals surface area contributed by atoms with Gasteiger partial charge in [0, 0.05) is 24.0 Å². The summed E-state index contributed by atoms with van der Waals surface area (Å²) < 4.78 is 29.1. The van der Waals surface area contributed by atoms with E-state index >= 15 is 0 Å². The van der Waals surface area contributed by atoms with Gasteiger partial charge in [-0.05, 0) is 67.8 Å². The van der Waals surface area contributed by atoms with Crippen molar-refractivity contribution in [2.24, 2.45) is 0 Å². The summed E-state index contributed by atoms with van der Waals surface area (Å²) in [4.78, 5) is 29.7. The van der Waals surface area contributed by atoms with E-state index in [1.165, 1.54) is 29.2 Å². The van der Waals surface area contributed by atoms with E-state index in [1.54, 1.807) is 24.3 Å². The average molecular weight is 653 g/mol. The molecule has 0 aliphatic rings. The lowest BCUT2D eigenvalue weighted by Crippen LogP contribution is -2.54. The number of carbonyl (C=O) groups excluding carboxylic acids is 2. The minimum absolute atomic E-state index is 0.0207. The number of nitrogens with zero attached hydrogens (tertiary/aromatic N) is 2. The molecule has 44 heavy (non-hydrogen) atoms. The van der Waals surface area contributed by atoms with Crippen LogP contribution in [0.2, 0.25) is 10.0 Å². The van der Waals surface area contributed by atoms with E-state index in [0.717, 1.165) is 21.0 Å². The number of benzene rings is 4. The summed E-state index contributed by atoms with van der Waals surface area (Å²) in [5.74, 6) is -0.923. The Labute approximate surface area is 269 Å². The van der Waals surface area contributed by atoms with Gasteiger partial charge in [-0.1, -0.05) is 96.0 Å². The molecular weight excluding hydrogens is 617 g/mol. The number of sulfonamides is 1. The van der Waals surface area contributed by atoms with Crippen LogP contribution in [0.5, 0.6) is 0 Å². The maximum absolute atomic E-state index is 14.5. The van der Waals surface area contributed by atoms with Crippen LogP contribution in [0.1, 0.15) is 30.5 Å². The smallest absolute Gasteiger partial charge is 0.264 e. The molecular formula is C34H35Cl2N3O4S. The summed E-state index contributed by atoms with van der Waals surface area (Å²) >= 11 is 12.8. The molecule has 4 aromatic carbocycles. The molecule has 0 saturated heterocycles. The molecule has 0 bridgehead atoms. The lowest BCUT2D eigenvalue weighted by atomic mass is 10.0. The number of hydrogen-bond acceptors (Lipinski definition) is 4. The first-order valence-electron chi connectivity index (χ1n) is 14.2. The summed E-state index contributed by atoms with van der Waals surface area (Å²) in [7, 11) is -4.28. The third-order valence-corrected chi connectivity index (χ3v) is 9.42. The molecule has 0 fully saturated rings. The Bertz CT molecular complexity index is 1700. The fourth-order valence-corrected chi connectivity index (χ4v) is 6.70. The Hall–Kier alpha value is -3.85. The molecule has 0 unspecified atom stereocenters. The van der Waals surface area contributed by atoms with E-state index < -0.39 is 28.5 Å². The predicted molar refractivity (Wildman–Crippen MR) is 176 cm³/mol. The molecule has 1 atom stereocenters. The van der Waals surface area contributed by atoms with Gasteiger partial charge in [-0.2, -0.15) is 0 Å². The molecule has 4 rings (SSSR count). The van der Waals surface area contributed by atoms with Gasteiger partial charge in [0.25, 0.3) is 10.0 Å². The van der Waals surface area contributed by atoms with Gasteiger partial charge in [0.15, 0.2) is 0 Å². The molecule has 230 valence electrons. The molecule has 2 amide bonds. The minimum Gasteiger partial charge on any atom is -0.352 e. The molecule has 0 radical (unpaired) electrons. The van der Waals surface area contributed by atoms with Crippen molar-refractivity contribution in [2.45, 2.75) is 50.7 Å². The zero-order valence-corrected chi connectivity index (χ0v) is 27.1. The van der Waals surface area contributed by atoms with Crippen LogP contribution in [-0.4, -0.2) is 43.8 Å². The normalized spacial score (nSPS) is 12.0. The second-order valence-electron chi connectivity index (χ2n) is 10.7. The van der Waals surface area contributed by atoms with E-state index in [1.807, 2.05) is 75.4 Å². The Morgan fingerprint density at radius 2 is 1.45 bits per heavy atom. The maximum Gasteiger partial charge on any atom is 0.264 e. The number of halogens is 2. The van der Waals surface area contributed by atoms with Gasteiger partial charge in [-0.3, -0.25) is 13.9 Å². The first kappa shape index (κ1) is 33.1. The second-order valence-corrected chi connectivity index (χ2v) is 13.4. The molecule has 1 N–H and O–H groups in total. The highest BCUT2D eigenvalue weighted by molar-refractivity contribution is 7.92. The molecule has 0 aliphatic heterocycles. The third kappa shape index (κ3) is 8.20. The molecule has 0 heterocycles. The zero-order chi connectivity index (χ0) is 31.9. The van der Waals surface area contributed by atoms with Crippen LogP contribution in [0.25, 0.3) is 0 Å². The van der Waals surface area contributed by atoms with Crippen molar-refractivity contribution < 1.29 is 18.0 Å². The van der Waals surface area contributed by atoms with Crippen molar-refractivity contribution in [2.75, 3.05) is 10.8 Å². The van der Waals surface area contributed by atoms with Gasteiger partial charge in [0.1, 0.15) is 12.6 Å². The highest BCUT2D eigenvalue weighted by Crippen LogP contribution is 2.33. The SMILES string of the molecule is Cc1ccccc1CN(C(=O)CN(c1cc(Cl)ccc1Cl)S(=O)(=O)c1ccccc1)[C@H](Cc1ccccc1)C(=O)NC(C)C. The lowest BCUT2D eigenvalue weighted by molar-refractivity contribution is -0.140. The van der Waals surface area contributed by atoms with E-state index in [-0.39, 0.29) is 45.5 Å². The van der Waals surface area contributed by atoms with Gasteiger partial charge >= 0.3 is 0 Å². The Balaban J connectivity index is 1.84. The van der Waals surface area contributed by atoms with Gasteiger partial charge in [0.2, 0.25) is 11.8 Å². The summed E-state index contributed by atoms with van der Waals surface area (Å²) in [5, 5.41) is 3.31. The van der Waals surface area contributed by atoms with Crippen LogP contribution in [0.4, 0.5) is 5.69 Å². The molecule has 10 heteroatoms. The van der Waals surface area contributed by atoms with Crippen molar-refractivity contribution in [3.8, 4) is 0 Å². The van der Waals surface area contributed by atoms with Crippen LogP contribution < -0.4 is 9.62 Å². The average Bonchev–Trinajstić information content (AvgIpc) is 3.00. The summed E-state index contributed by atoms with van der Waals surface area (Å²) in [6, 6.07) is 28.1. The molecule has 0 spiro atoms. The molecule has 0 aliphatic carbocycles. The van der Waals surface area contributed by atoms with Crippen molar-refractivity contribution in [1.29, 1.82) is 0 Å². The molecule has 0 aromatic heterocycles. The first-order chi connectivity index (χ1) is 21.0. The van der Waals surface area contributed by atoms with Crippen molar-refractivity contribution in [1.82, 2.24) is 10.2 Å². The summed E-state index contributed by atoms with van der Waals surface area (Å²) in [6.07, 6.45) is 0.223. The van der Waals surface area contributed by atoms with Gasteiger partial charge < -0.3 is 10.2 Å². The monoisotopic (exact) mass is 651 g/mol. The van der Waals surface area contributed by atoms with E-state index in [2.05, 4.69) is 5.32 Å². The Kier molecular flexibility index (Phi) is 11.1. The van der Waals surface area contributed by atoms with Crippen molar-refractivity contribution in [3.05, 3.63) is 130 Å². The highest BCUT2D eigenvalue weighted by Gasteiger charge is 2.35. The quantitative estimate of drug-likeness (QED) is 0.186. The number of hydrogen-bond donors (Lipinski definition) is 1. The van der Waals surface area contributed by atoms with Crippen LogP contribution in [0, 0.1) is 6.92 Å². The molecule has 7 nitrogen and oxygen atoms in total. The zero-order valence-electron chi connectivity index (χ0n) is 24.8. The van der Waals surface area contributed by atoms with Crippen LogP contribution >= 0.6 is 23.2 Å². The fourth-order valence-electron chi connectivity index (χ4n) is 4.82. The lowest BCUT2D eigenvalue weighted by Gasteiger charge is -2.34. The number of rotatable bonds is 12. The largest absolute Gasteiger partial charge is 0.352 e. The van der Waals surface area contributed by atoms with Crippen molar-refractivity contribution in [3.63, 3.8) is 0 Å². The summed E-state index contributed by atoms with van der Waals surface area (Å²) in [5.41, 5.74) is 2.67. The van der Waals surface area contributed by atoms with E-state index in [0.29, 0.717) is 0 Å². The third-order valence-electron chi connectivity index (χ3n) is 7.09. The van der Waals surface area contributed by atoms with Crippen LogP contribution in [0.15, 0.2) is 108 Å². The fraction of sp³-hybridized carbons (Fsp3) is 0.235. The highest BCUT2D eigenvalue weighted by atomic mass is 35.5. The standard InChI is InChI=1S/C34H35Cl2N3O4S/c1-24(2)37-34(41)32(20-26-13-6-4-7-14-26)38(22-27-15-11-10-12-25(27)3)33(40)23-39(31-21-28(35)18-19-30(31)36)44(42,43)29-16-8-5-9-17-29/h4-19,21,24,32H,20,22-23H2,1-3H3,(H,37,41)/t32-/m1/s1. The number of amides is 2. The van der Waals surface area contributed by atoms with E-state index in [9.17, 15) is 18.0 Å². The second kappa shape index (κ2) is 14.8. The molecule has 0 saturated carbocycles. The summed E-state index contributed by atoms with van der Waals surface area (Å²) in [6.45, 7) is 5.08. The van der Waals surface area contributed by atoms with Crippen LogP contribution in [-0.2, 0) is 32.6 Å². The maximum atomic E-state index is 14.5. The van der Waals surface area contributed by atoms with Crippen LogP contribution in [0.3, 0.4) is 0 Å². The van der Waals surface area contributed by atoms with Gasteiger partial charge in [0.05, 0.1) is 15.6 Å². The van der Waals surface area contributed by atoms with E-state index in [4.69, 9.17) is 23.2 Å². The Morgan fingerprint density at radius 3 is 2.09 bits per heavy atom. The van der Waals surface area contributed by atoms with Crippen molar-refractivity contribution >= 4 is 50.7 Å². The minimum atomic E-state index is -4.28. The number of aryl methyl sites for hydroxylation is 1.